The van der Waals surface area contributed by atoms with Gasteiger partial charge in [-0.25, -0.2) is 16.8 Å². The molecular weight excluding hydrogens is 531 g/mol. The van der Waals surface area contributed by atoms with Gasteiger partial charge in [0.05, 0.1) is 9.79 Å². The maximum Gasteiger partial charge on any atom is 1.00 e. The van der Waals surface area contributed by atoms with Gasteiger partial charge in [-0.1, -0.05) is 24.4 Å². The summed E-state index contributed by atoms with van der Waals surface area (Å²) in [7, 11) is -6.77. The molecule has 8 nitrogen and oxygen atoms in total. The van der Waals surface area contributed by atoms with Crippen molar-refractivity contribution in [1.29, 1.82) is 0 Å². The fourth-order valence-electron chi connectivity index (χ4n) is 1.76. The number of nitrogens with one attached hydrogen (secondary N) is 2. The molecule has 150 valence electrons. The smallest absolute Gasteiger partial charge is 0.744 e. The van der Waals surface area contributed by atoms with Crippen molar-refractivity contribution in [1.82, 2.24) is 0 Å². The summed E-state index contributed by atoms with van der Waals surface area (Å²) in [6, 6.07) is 10.3. The first-order chi connectivity index (χ1) is 12.9. The van der Waals surface area contributed by atoms with E-state index in [2.05, 4.69) is 10.6 Å². The van der Waals surface area contributed by atoms with E-state index in [1.54, 1.807) is 0 Å². The molecule has 0 atom stereocenters. The summed E-state index contributed by atoms with van der Waals surface area (Å²) < 4.78 is 66.0. The van der Waals surface area contributed by atoms with Gasteiger partial charge < -0.3 is 19.7 Å². The molecule has 16 heteroatoms. The number of rotatable bonds is 4. The molecule has 2 rings (SSSR count). The zero-order valence-corrected chi connectivity index (χ0v) is 24.4. The Kier molecular flexibility index (Phi) is 13.8. The number of benzene rings is 2. The number of thiocarbonyl (C=S) groups is 2. The van der Waals surface area contributed by atoms with Crippen molar-refractivity contribution in [3.8, 4) is 0 Å². The molecule has 0 aliphatic carbocycles. The maximum atomic E-state index is 10.9. The molecule has 0 fully saturated rings. The Morgan fingerprint density at radius 3 is 1.17 bits per heavy atom. The molecule has 0 heterocycles. The largest absolute Gasteiger partial charge is 1.00 e. The quantitative estimate of drug-likeness (QED) is 0.177. The fourth-order valence-corrected chi connectivity index (χ4v) is 4.72. The van der Waals surface area contributed by atoms with E-state index >= 15 is 0 Å². The molecule has 2 aromatic carbocycles. The van der Waals surface area contributed by atoms with E-state index in [0.29, 0.717) is 20.0 Å². The van der Waals surface area contributed by atoms with Crippen LogP contribution in [0.4, 0.5) is 11.4 Å². The Morgan fingerprint density at radius 2 is 0.933 bits per heavy atom. The van der Waals surface area contributed by atoms with Crippen LogP contribution in [0.15, 0.2) is 58.3 Å². The molecule has 0 bridgehead atoms. The molecule has 0 spiro atoms. The molecule has 0 unspecified atom stereocenters. The summed E-state index contributed by atoms with van der Waals surface area (Å²) in [6.45, 7) is 0. The Hall–Kier alpha value is 0.740. The molecule has 0 saturated heterocycles. The molecular formula is C14H10N2Na2O6S6. The molecule has 0 aliphatic rings. The van der Waals surface area contributed by atoms with Crippen molar-refractivity contribution in [2.45, 2.75) is 9.79 Å². The first-order valence-corrected chi connectivity index (χ1v) is 12.8. The molecule has 2 aromatic rings. The van der Waals surface area contributed by atoms with Crippen molar-refractivity contribution in [3.05, 3.63) is 48.5 Å². The minimum absolute atomic E-state index is 0. The van der Waals surface area contributed by atoms with Crippen molar-refractivity contribution < 1.29 is 85.1 Å². The van der Waals surface area contributed by atoms with Crippen LogP contribution in [0.5, 0.6) is 0 Å². The van der Waals surface area contributed by atoms with E-state index in [-0.39, 0.29) is 68.9 Å². The number of anilines is 2. The Bertz CT molecular complexity index is 1000. The van der Waals surface area contributed by atoms with Crippen LogP contribution in [0.1, 0.15) is 0 Å². The first kappa shape index (κ1) is 30.7. The van der Waals surface area contributed by atoms with E-state index in [9.17, 15) is 25.9 Å². The zero-order chi connectivity index (χ0) is 20.9. The van der Waals surface area contributed by atoms with Gasteiger partial charge in [0, 0.05) is 11.4 Å². The Balaban J connectivity index is 0.00000420. The third-order valence-corrected chi connectivity index (χ3v) is 7.85. The van der Waals surface area contributed by atoms with Gasteiger partial charge in [-0.05, 0) is 70.1 Å². The van der Waals surface area contributed by atoms with E-state index in [4.69, 9.17) is 24.4 Å². The Labute approximate surface area is 237 Å². The van der Waals surface area contributed by atoms with Gasteiger partial charge in [0.15, 0.2) is 0 Å². The fraction of sp³-hybridized carbons (Fsp3) is 0. The first-order valence-electron chi connectivity index (χ1n) is 7.03. The van der Waals surface area contributed by atoms with Gasteiger partial charge in [-0.2, -0.15) is 0 Å². The van der Waals surface area contributed by atoms with Crippen LogP contribution in [0.3, 0.4) is 0 Å². The molecule has 0 aromatic heterocycles. The third kappa shape index (κ3) is 10.6. The van der Waals surface area contributed by atoms with Gasteiger partial charge in [-0.15, -0.1) is 0 Å². The van der Waals surface area contributed by atoms with Gasteiger partial charge in [0.2, 0.25) is 0 Å². The summed E-state index contributed by atoms with van der Waals surface area (Å²) in [4.78, 5) is -0.681. The monoisotopic (exact) mass is 540 g/mol. The van der Waals surface area contributed by atoms with Crippen molar-refractivity contribution >= 4 is 86.3 Å². The minimum Gasteiger partial charge on any atom is -0.744 e. The van der Waals surface area contributed by atoms with E-state index < -0.39 is 20.2 Å². The van der Waals surface area contributed by atoms with Crippen LogP contribution in [-0.4, -0.2) is 34.6 Å². The predicted molar refractivity (Wildman–Crippen MR) is 116 cm³/mol. The van der Waals surface area contributed by atoms with Crippen LogP contribution in [-0.2, 0) is 20.2 Å². The maximum absolute atomic E-state index is 10.9. The zero-order valence-electron chi connectivity index (χ0n) is 15.5. The van der Waals surface area contributed by atoms with E-state index in [0.717, 1.165) is 21.6 Å². The van der Waals surface area contributed by atoms with Gasteiger partial charge >= 0.3 is 59.1 Å². The predicted octanol–water partition coefficient (Wildman–Crippen LogP) is -3.02. The van der Waals surface area contributed by atoms with E-state index in [1.165, 1.54) is 48.5 Å². The van der Waals surface area contributed by atoms with Crippen molar-refractivity contribution in [2.24, 2.45) is 0 Å². The van der Waals surface area contributed by atoms with Gasteiger partial charge in [-0.3, -0.25) is 0 Å². The second kappa shape index (κ2) is 13.4. The van der Waals surface area contributed by atoms with Crippen LogP contribution in [0, 0.1) is 0 Å². The molecule has 0 saturated carbocycles. The van der Waals surface area contributed by atoms with Gasteiger partial charge in [0.1, 0.15) is 28.9 Å². The standard InChI is InChI=1S/C14H12N2O6S6.2Na/c17-27(18,19)11-5-1-9(2-6-11)15-13(23)25-26-14(24)16-10-3-7-12(8-4-10)28(20,21)22;;/h1-8H,(H,15,23)(H,16,24)(H,17,18,19)(H,20,21,22);;/q;2*+1/p-2. The van der Waals surface area contributed by atoms with Crippen molar-refractivity contribution in [3.63, 3.8) is 0 Å². The van der Waals surface area contributed by atoms with Crippen LogP contribution >= 0.6 is 46.0 Å². The topological polar surface area (TPSA) is 138 Å². The number of hydrogen-bond acceptors (Lipinski definition) is 10. The average molecular weight is 541 g/mol. The molecule has 0 radical (unpaired) electrons. The summed E-state index contributed by atoms with van der Waals surface area (Å²) in [5, 5.41) is 5.70. The van der Waals surface area contributed by atoms with Crippen LogP contribution in [0.25, 0.3) is 0 Å². The average Bonchev–Trinajstić information content (AvgIpc) is 2.59. The molecule has 30 heavy (non-hydrogen) atoms. The number of hydrogen-bond donors (Lipinski definition) is 2. The summed E-state index contributed by atoms with van der Waals surface area (Å²) in [6.07, 6.45) is 0. The Morgan fingerprint density at radius 1 is 0.667 bits per heavy atom. The van der Waals surface area contributed by atoms with Gasteiger partial charge in [0.25, 0.3) is 0 Å². The minimum atomic E-state index is -4.51. The summed E-state index contributed by atoms with van der Waals surface area (Å²) in [5.74, 6) is 0. The second-order valence-electron chi connectivity index (χ2n) is 4.95. The summed E-state index contributed by atoms with van der Waals surface area (Å²) in [5.41, 5.74) is 0.998. The van der Waals surface area contributed by atoms with Crippen LogP contribution < -0.4 is 69.7 Å². The summed E-state index contributed by atoms with van der Waals surface area (Å²) >= 11 is 10.3. The normalized spacial score (nSPS) is 10.9. The molecule has 0 amide bonds. The third-order valence-electron chi connectivity index (χ3n) is 2.97. The molecule has 2 N–H and O–H groups in total. The SMILES string of the molecule is O=S(=O)([O-])c1ccc(NC(=S)SSC(=S)Nc2ccc(S(=O)(=O)[O-])cc2)cc1.[Na+].[Na+]. The molecule has 0 aliphatic heterocycles. The van der Waals surface area contributed by atoms with E-state index in [1.807, 2.05) is 0 Å². The van der Waals surface area contributed by atoms with Crippen LogP contribution in [0.2, 0.25) is 0 Å². The van der Waals surface area contributed by atoms with Crippen molar-refractivity contribution in [2.75, 3.05) is 10.6 Å². The second-order valence-corrected chi connectivity index (χ2v) is 11.2.